The summed E-state index contributed by atoms with van der Waals surface area (Å²) in [4.78, 5) is 9.64. The Bertz CT molecular complexity index is 2360. The van der Waals surface area contributed by atoms with Crippen LogP contribution in [0.1, 0.15) is 0 Å². The molecule has 232 valence electrons. The molecule has 0 saturated heterocycles. The summed E-state index contributed by atoms with van der Waals surface area (Å²) in [7, 11) is 0. The molecule has 0 N–H and O–H groups in total. The van der Waals surface area contributed by atoms with Crippen LogP contribution in [0.25, 0.3) is 33.3 Å². The molecule has 0 spiro atoms. The Morgan fingerprint density at radius 1 is 0.367 bits per heavy atom. The van der Waals surface area contributed by atoms with E-state index in [2.05, 4.69) is 168 Å². The third-order valence-electron chi connectivity index (χ3n) is 9.12. The molecule has 0 unspecified atom stereocenters. The summed E-state index contributed by atoms with van der Waals surface area (Å²) in [6.45, 7) is 0. The maximum absolute atomic E-state index is 4.86. The van der Waals surface area contributed by atoms with E-state index >= 15 is 0 Å². The normalized spacial score (nSPS) is 13.1. The van der Waals surface area contributed by atoms with Gasteiger partial charge in [-0.3, -0.25) is 0 Å². The number of hydrogen-bond donors (Lipinski definition) is 0. The summed E-state index contributed by atoms with van der Waals surface area (Å²) in [5.41, 5.74) is 13.4. The van der Waals surface area contributed by atoms with Gasteiger partial charge in [-0.25, -0.2) is 0 Å². The third-order valence-corrected chi connectivity index (χ3v) is 11.9. The van der Waals surface area contributed by atoms with E-state index in [4.69, 9.17) is 8.75 Å². The number of aromatic nitrogens is 2. The molecule has 7 heteroatoms. The fraction of sp³-hybridized carbons (Fsp3) is 0. The van der Waals surface area contributed by atoms with Gasteiger partial charge in [-0.05, 0) is 83.9 Å². The minimum atomic E-state index is 0.935. The number of benzene rings is 7. The number of rotatable bonds is 4. The van der Waals surface area contributed by atoms with Crippen molar-refractivity contribution in [2.45, 2.75) is 19.6 Å². The smallest absolute Gasteiger partial charge is 0.113 e. The van der Waals surface area contributed by atoms with E-state index in [1.54, 1.807) is 0 Å². The molecule has 7 aromatic carbocycles. The highest BCUT2D eigenvalue weighted by Gasteiger charge is 2.27. The van der Waals surface area contributed by atoms with Crippen LogP contribution in [-0.4, -0.2) is 8.75 Å². The molecule has 0 aliphatic carbocycles. The zero-order chi connectivity index (χ0) is 32.3. The number of nitrogens with zero attached hydrogens (tertiary/aromatic N) is 4. The van der Waals surface area contributed by atoms with Crippen LogP contribution >= 0.6 is 35.3 Å². The Hall–Kier alpha value is -5.34. The lowest BCUT2D eigenvalue weighted by Gasteiger charge is -2.33. The van der Waals surface area contributed by atoms with E-state index in [0.29, 0.717) is 0 Å². The highest BCUT2D eigenvalue weighted by molar-refractivity contribution is 8.00. The predicted molar refractivity (Wildman–Crippen MR) is 206 cm³/mol. The van der Waals surface area contributed by atoms with Crippen molar-refractivity contribution in [2.24, 2.45) is 0 Å². The standard InChI is InChI=1S/C42H26N4S3/c1-3-11-29(12-4-1)45-33-15-7-9-17-37(33)47-39-25-27(19-23-35(39)45)31-21-22-32(42-41(31)43-49-44-42)28-20-24-36-40(26-28)48-38-18-10-8-16-34(38)46(36)30-13-5-2-6-14-30/h1-26H. The van der Waals surface area contributed by atoms with Crippen molar-refractivity contribution in [2.75, 3.05) is 9.80 Å². The monoisotopic (exact) mass is 682 g/mol. The molecule has 0 fully saturated rings. The maximum atomic E-state index is 4.86. The molecule has 2 aliphatic rings. The first-order valence-corrected chi connectivity index (χ1v) is 18.4. The van der Waals surface area contributed by atoms with Crippen LogP contribution in [0, 0.1) is 0 Å². The zero-order valence-corrected chi connectivity index (χ0v) is 28.5. The maximum Gasteiger partial charge on any atom is 0.113 e. The Labute approximate surface area is 297 Å². The highest BCUT2D eigenvalue weighted by atomic mass is 32.2. The van der Waals surface area contributed by atoms with Crippen LogP contribution in [0.3, 0.4) is 0 Å². The SMILES string of the molecule is c1ccc(N2c3ccccc3Sc3cc(-c4ccc(-c5ccc6c(c5)Sc5ccccc5N6c5ccccc5)c5nsnc45)ccc32)cc1. The topological polar surface area (TPSA) is 32.3 Å². The Morgan fingerprint density at radius 3 is 1.24 bits per heavy atom. The zero-order valence-electron chi connectivity index (χ0n) is 26.0. The molecule has 2 aliphatic heterocycles. The molecular weight excluding hydrogens is 657 g/mol. The van der Waals surface area contributed by atoms with Crippen molar-refractivity contribution in [3.63, 3.8) is 0 Å². The van der Waals surface area contributed by atoms with Gasteiger partial charge in [0.2, 0.25) is 0 Å². The second kappa shape index (κ2) is 11.7. The number of fused-ring (bicyclic) bond motifs is 5. The van der Waals surface area contributed by atoms with E-state index < -0.39 is 0 Å². The summed E-state index contributed by atoms with van der Waals surface area (Å²) in [5, 5.41) is 0. The molecule has 0 saturated carbocycles. The van der Waals surface area contributed by atoms with Crippen molar-refractivity contribution in [1.82, 2.24) is 8.75 Å². The summed E-state index contributed by atoms with van der Waals surface area (Å²) in [5.74, 6) is 0. The molecule has 0 amide bonds. The molecule has 1 aromatic heterocycles. The Morgan fingerprint density at radius 2 is 0.776 bits per heavy atom. The van der Waals surface area contributed by atoms with Crippen molar-refractivity contribution >= 4 is 80.4 Å². The van der Waals surface area contributed by atoms with Gasteiger partial charge in [-0.15, -0.1) is 0 Å². The molecule has 3 heterocycles. The van der Waals surface area contributed by atoms with Gasteiger partial charge in [-0.2, -0.15) is 8.75 Å². The van der Waals surface area contributed by atoms with Gasteiger partial charge in [0.05, 0.1) is 34.5 Å². The number of hydrogen-bond acceptors (Lipinski definition) is 7. The van der Waals surface area contributed by atoms with Crippen molar-refractivity contribution in [3.8, 4) is 22.3 Å². The van der Waals surface area contributed by atoms with Crippen LogP contribution in [0.4, 0.5) is 34.1 Å². The molecule has 4 nitrogen and oxygen atoms in total. The molecule has 8 aromatic rings. The lowest BCUT2D eigenvalue weighted by atomic mass is 9.97. The van der Waals surface area contributed by atoms with Crippen molar-refractivity contribution in [3.05, 3.63) is 158 Å². The van der Waals surface area contributed by atoms with Crippen LogP contribution in [0.2, 0.25) is 0 Å². The van der Waals surface area contributed by atoms with Gasteiger partial charge in [0, 0.05) is 42.1 Å². The lowest BCUT2D eigenvalue weighted by Crippen LogP contribution is -2.14. The average molecular weight is 683 g/mol. The van der Waals surface area contributed by atoms with Gasteiger partial charge in [0.25, 0.3) is 0 Å². The molecule has 0 atom stereocenters. The second-order valence-corrected chi connectivity index (χ2v) is 14.7. The fourth-order valence-corrected chi connectivity index (χ4v) is 9.66. The molecule has 0 radical (unpaired) electrons. The van der Waals surface area contributed by atoms with Crippen LogP contribution in [0.5, 0.6) is 0 Å². The third kappa shape index (κ3) is 4.76. The summed E-state index contributed by atoms with van der Waals surface area (Å²) in [6.07, 6.45) is 0. The first kappa shape index (κ1) is 28.7. The van der Waals surface area contributed by atoms with E-state index in [-0.39, 0.29) is 0 Å². The van der Waals surface area contributed by atoms with Crippen LogP contribution in [-0.2, 0) is 0 Å². The van der Waals surface area contributed by atoms with Gasteiger partial charge in [0.1, 0.15) is 11.0 Å². The highest BCUT2D eigenvalue weighted by Crippen LogP contribution is 2.54. The van der Waals surface area contributed by atoms with Crippen molar-refractivity contribution < 1.29 is 0 Å². The minimum absolute atomic E-state index is 0.935. The van der Waals surface area contributed by atoms with E-state index in [1.807, 2.05) is 23.5 Å². The molecular formula is C42H26N4S3. The largest absolute Gasteiger partial charge is 0.308 e. The van der Waals surface area contributed by atoms with Crippen LogP contribution < -0.4 is 9.80 Å². The quantitative estimate of drug-likeness (QED) is 0.184. The van der Waals surface area contributed by atoms with Crippen LogP contribution in [0.15, 0.2) is 177 Å². The van der Waals surface area contributed by atoms with Gasteiger partial charge in [-0.1, -0.05) is 108 Å². The van der Waals surface area contributed by atoms with E-state index in [9.17, 15) is 0 Å². The number of anilines is 6. The molecule has 10 rings (SSSR count). The molecule has 49 heavy (non-hydrogen) atoms. The first-order valence-electron chi connectivity index (χ1n) is 16.1. The van der Waals surface area contributed by atoms with Gasteiger partial charge in [0.15, 0.2) is 0 Å². The average Bonchev–Trinajstić information content (AvgIpc) is 3.66. The van der Waals surface area contributed by atoms with E-state index in [0.717, 1.165) is 44.7 Å². The first-order chi connectivity index (χ1) is 24.3. The Kier molecular flexibility index (Phi) is 6.82. The Balaban J connectivity index is 1.05. The summed E-state index contributed by atoms with van der Waals surface area (Å²) >= 11 is 4.92. The van der Waals surface area contributed by atoms with Crippen molar-refractivity contribution in [1.29, 1.82) is 0 Å². The van der Waals surface area contributed by atoms with Gasteiger partial charge >= 0.3 is 0 Å². The second-order valence-electron chi connectivity index (χ2n) is 12.0. The number of para-hydroxylation sites is 4. The predicted octanol–water partition coefficient (Wildman–Crippen LogP) is 12.9. The fourth-order valence-electron chi connectivity index (χ4n) is 6.89. The van der Waals surface area contributed by atoms with E-state index in [1.165, 1.54) is 54.1 Å². The minimum Gasteiger partial charge on any atom is -0.308 e. The molecule has 0 bridgehead atoms. The lowest BCUT2D eigenvalue weighted by molar-refractivity contribution is 1.17. The summed E-state index contributed by atoms with van der Waals surface area (Å²) < 4.78 is 9.72. The van der Waals surface area contributed by atoms with Gasteiger partial charge < -0.3 is 9.80 Å². The summed E-state index contributed by atoms with van der Waals surface area (Å²) in [6, 6.07) is 56.5.